The lowest BCUT2D eigenvalue weighted by Gasteiger charge is -2.23. The Morgan fingerprint density at radius 3 is 2.29 bits per heavy atom. The summed E-state index contributed by atoms with van der Waals surface area (Å²) >= 11 is 0. The van der Waals surface area contributed by atoms with Crippen molar-refractivity contribution >= 4 is 11.6 Å². The summed E-state index contributed by atoms with van der Waals surface area (Å²) in [6.45, 7) is 5.00. The number of rotatable bonds is 3. The van der Waals surface area contributed by atoms with Crippen molar-refractivity contribution in [3.8, 4) is 0 Å². The molecule has 1 unspecified atom stereocenters. The molecule has 1 heterocycles. The van der Waals surface area contributed by atoms with E-state index in [1.165, 1.54) is 11.1 Å². The molecule has 2 rings (SSSR count). The van der Waals surface area contributed by atoms with Crippen LogP contribution in [0.3, 0.4) is 0 Å². The quantitative estimate of drug-likeness (QED) is 0.865. The lowest BCUT2D eigenvalue weighted by Crippen LogP contribution is -2.35. The van der Waals surface area contributed by atoms with Gasteiger partial charge in [-0.2, -0.15) is 0 Å². The van der Waals surface area contributed by atoms with Gasteiger partial charge >= 0.3 is 0 Å². The summed E-state index contributed by atoms with van der Waals surface area (Å²) in [7, 11) is 0. The second kappa shape index (κ2) is 4.88. The maximum Gasteiger partial charge on any atom is 0.243 e. The van der Waals surface area contributed by atoms with E-state index >= 15 is 0 Å². The number of amides is 1. The average molecular weight is 232 g/mol. The number of nitrogens with two attached hydrogens (primary N) is 1. The van der Waals surface area contributed by atoms with Crippen LogP contribution in [-0.2, 0) is 17.6 Å². The zero-order valence-electron chi connectivity index (χ0n) is 10.6. The highest BCUT2D eigenvalue weighted by Gasteiger charge is 2.31. The van der Waals surface area contributed by atoms with E-state index in [2.05, 4.69) is 32.0 Å². The molecule has 92 valence electrons. The first-order valence-corrected chi connectivity index (χ1v) is 6.36. The van der Waals surface area contributed by atoms with E-state index in [0.717, 1.165) is 31.5 Å². The van der Waals surface area contributed by atoms with Gasteiger partial charge in [-0.05, 0) is 30.4 Å². The van der Waals surface area contributed by atoms with Crippen LogP contribution >= 0.6 is 0 Å². The fourth-order valence-corrected chi connectivity index (χ4v) is 2.49. The van der Waals surface area contributed by atoms with Crippen LogP contribution in [0.2, 0.25) is 0 Å². The molecular weight excluding hydrogens is 212 g/mol. The Kier molecular flexibility index (Phi) is 3.48. The van der Waals surface area contributed by atoms with Gasteiger partial charge in [0.2, 0.25) is 5.91 Å². The van der Waals surface area contributed by atoms with Crippen LogP contribution in [0.5, 0.6) is 0 Å². The summed E-state index contributed by atoms with van der Waals surface area (Å²) in [5.41, 5.74) is 9.39. The Morgan fingerprint density at radius 2 is 1.88 bits per heavy atom. The normalized spacial score (nSPS) is 20.1. The minimum absolute atomic E-state index is 0.0700. The predicted molar refractivity (Wildman–Crippen MR) is 70.1 cm³/mol. The van der Waals surface area contributed by atoms with Crippen molar-refractivity contribution in [2.75, 3.05) is 11.4 Å². The summed E-state index contributed by atoms with van der Waals surface area (Å²) in [5, 5.41) is 0. The highest BCUT2D eigenvalue weighted by molar-refractivity contribution is 6.00. The number of hydrogen-bond donors (Lipinski definition) is 1. The Morgan fingerprint density at radius 1 is 1.29 bits per heavy atom. The molecule has 3 nitrogen and oxygen atoms in total. The lowest BCUT2D eigenvalue weighted by molar-refractivity contribution is -0.118. The van der Waals surface area contributed by atoms with Gasteiger partial charge in [-0.15, -0.1) is 0 Å². The smallest absolute Gasteiger partial charge is 0.243 e. The van der Waals surface area contributed by atoms with Crippen molar-refractivity contribution in [1.82, 2.24) is 0 Å². The largest absolute Gasteiger partial charge is 0.320 e. The third-order valence-corrected chi connectivity index (χ3v) is 3.48. The first kappa shape index (κ1) is 12.1. The zero-order valence-corrected chi connectivity index (χ0v) is 10.6. The minimum atomic E-state index is -0.315. The molecule has 0 aliphatic carbocycles. The Labute approximate surface area is 103 Å². The Hall–Kier alpha value is -1.35. The molecule has 1 aliphatic heterocycles. The molecule has 1 saturated heterocycles. The van der Waals surface area contributed by atoms with Crippen molar-refractivity contribution in [3.63, 3.8) is 0 Å². The summed E-state index contributed by atoms with van der Waals surface area (Å²) in [4.78, 5) is 13.9. The van der Waals surface area contributed by atoms with E-state index in [4.69, 9.17) is 5.73 Å². The van der Waals surface area contributed by atoms with Crippen LogP contribution < -0.4 is 10.6 Å². The maximum absolute atomic E-state index is 12.0. The third-order valence-electron chi connectivity index (χ3n) is 3.48. The number of hydrogen-bond acceptors (Lipinski definition) is 2. The SMILES string of the molecule is CCc1cccc(CC)c1N1CCC(N)C1=O. The molecule has 1 atom stereocenters. The molecule has 0 aromatic heterocycles. The van der Waals surface area contributed by atoms with E-state index in [1.807, 2.05) is 4.90 Å². The number of nitrogens with zero attached hydrogens (tertiary/aromatic N) is 1. The minimum Gasteiger partial charge on any atom is -0.320 e. The topological polar surface area (TPSA) is 46.3 Å². The van der Waals surface area contributed by atoms with Crippen molar-refractivity contribution in [2.24, 2.45) is 5.73 Å². The van der Waals surface area contributed by atoms with Gasteiger partial charge < -0.3 is 10.6 Å². The molecule has 17 heavy (non-hydrogen) atoms. The Bertz CT molecular complexity index is 406. The van der Waals surface area contributed by atoms with Crippen LogP contribution in [0.4, 0.5) is 5.69 Å². The predicted octanol–water partition coefficient (Wildman–Crippen LogP) is 1.88. The molecule has 0 saturated carbocycles. The van der Waals surface area contributed by atoms with Crippen molar-refractivity contribution in [3.05, 3.63) is 29.3 Å². The monoisotopic (exact) mass is 232 g/mol. The molecule has 1 fully saturated rings. The maximum atomic E-state index is 12.0. The van der Waals surface area contributed by atoms with Gasteiger partial charge in [0, 0.05) is 6.54 Å². The highest BCUT2D eigenvalue weighted by atomic mass is 16.2. The first-order valence-electron chi connectivity index (χ1n) is 6.36. The third kappa shape index (κ3) is 2.07. The highest BCUT2D eigenvalue weighted by Crippen LogP contribution is 2.30. The van der Waals surface area contributed by atoms with Gasteiger partial charge in [0.05, 0.1) is 11.7 Å². The summed E-state index contributed by atoms with van der Waals surface area (Å²) in [6.07, 6.45) is 2.66. The standard InChI is InChI=1S/C14H20N2O/c1-3-10-6-5-7-11(4-2)13(10)16-9-8-12(15)14(16)17/h5-7,12H,3-4,8-9,15H2,1-2H3. The second-order valence-electron chi connectivity index (χ2n) is 4.52. The lowest BCUT2D eigenvalue weighted by atomic mass is 10.0. The van der Waals surface area contributed by atoms with Gasteiger partial charge in [-0.25, -0.2) is 0 Å². The average Bonchev–Trinajstić information content (AvgIpc) is 2.69. The molecule has 0 spiro atoms. The van der Waals surface area contributed by atoms with Gasteiger partial charge in [0.1, 0.15) is 0 Å². The second-order valence-corrected chi connectivity index (χ2v) is 4.52. The number of benzene rings is 1. The van der Waals surface area contributed by atoms with Crippen molar-refractivity contribution in [1.29, 1.82) is 0 Å². The van der Waals surface area contributed by atoms with E-state index in [1.54, 1.807) is 0 Å². The fraction of sp³-hybridized carbons (Fsp3) is 0.500. The first-order chi connectivity index (χ1) is 8.19. The number of carbonyl (C=O) groups is 1. The van der Waals surface area contributed by atoms with Crippen molar-refractivity contribution < 1.29 is 4.79 Å². The Balaban J connectivity index is 2.46. The number of para-hydroxylation sites is 1. The van der Waals surface area contributed by atoms with Gasteiger partial charge in [-0.3, -0.25) is 4.79 Å². The van der Waals surface area contributed by atoms with E-state index < -0.39 is 0 Å². The number of carbonyl (C=O) groups excluding carboxylic acids is 1. The van der Waals surface area contributed by atoms with Gasteiger partial charge in [0.15, 0.2) is 0 Å². The summed E-state index contributed by atoms with van der Waals surface area (Å²) < 4.78 is 0. The summed E-state index contributed by atoms with van der Waals surface area (Å²) in [6, 6.07) is 5.96. The van der Waals surface area contributed by atoms with Crippen LogP contribution in [-0.4, -0.2) is 18.5 Å². The molecular formula is C14H20N2O. The van der Waals surface area contributed by atoms with Crippen molar-refractivity contribution in [2.45, 2.75) is 39.2 Å². The van der Waals surface area contributed by atoms with Crippen LogP contribution in [0.25, 0.3) is 0 Å². The summed E-state index contributed by atoms with van der Waals surface area (Å²) in [5.74, 6) is 0.0700. The molecule has 1 aliphatic rings. The van der Waals surface area contributed by atoms with Crippen LogP contribution in [0.15, 0.2) is 18.2 Å². The fourth-order valence-electron chi connectivity index (χ4n) is 2.49. The number of aryl methyl sites for hydroxylation is 2. The van der Waals surface area contributed by atoms with Gasteiger partial charge in [-0.1, -0.05) is 32.0 Å². The zero-order chi connectivity index (χ0) is 12.4. The molecule has 3 heteroatoms. The van der Waals surface area contributed by atoms with Crippen LogP contribution in [0.1, 0.15) is 31.4 Å². The van der Waals surface area contributed by atoms with Gasteiger partial charge in [0.25, 0.3) is 0 Å². The van der Waals surface area contributed by atoms with Crippen LogP contribution in [0, 0.1) is 0 Å². The van der Waals surface area contributed by atoms with E-state index in [-0.39, 0.29) is 11.9 Å². The molecule has 1 aromatic rings. The van der Waals surface area contributed by atoms with E-state index in [0.29, 0.717) is 0 Å². The molecule has 1 aromatic carbocycles. The molecule has 0 bridgehead atoms. The molecule has 2 N–H and O–H groups in total. The van der Waals surface area contributed by atoms with E-state index in [9.17, 15) is 4.79 Å². The number of anilines is 1. The molecule has 0 radical (unpaired) electrons. The molecule has 1 amide bonds.